The van der Waals surface area contributed by atoms with Crippen LogP contribution in [0.2, 0.25) is 0 Å². The van der Waals surface area contributed by atoms with Gasteiger partial charge in [0, 0.05) is 11.8 Å². The first kappa shape index (κ1) is 15.2. The first-order valence-electron chi connectivity index (χ1n) is 5.62. The fourth-order valence-corrected chi connectivity index (χ4v) is 2.74. The van der Waals surface area contributed by atoms with E-state index in [0.717, 1.165) is 23.7 Å². The summed E-state index contributed by atoms with van der Waals surface area (Å²) in [7, 11) is 1.33. The maximum atomic E-state index is 11.7. The minimum absolute atomic E-state index is 0.0670. The van der Waals surface area contributed by atoms with Gasteiger partial charge in [-0.05, 0) is 30.7 Å². The predicted molar refractivity (Wildman–Crippen MR) is 76.7 cm³/mol. The van der Waals surface area contributed by atoms with E-state index < -0.39 is 5.97 Å². The molecule has 0 saturated carbocycles. The summed E-state index contributed by atoms with van der Waals surface area (Å²) in [6, 6.07) is 0. The number of carbonyl (C=O) groups excluding carboxylic acids is 2. The van der Waals surface area contributed by atoms with Crippen LogP contribution in [0.3, 0.4) is 0 Å². The third-order valence-corrected chi connectivity index (χ3v) is 4.04. The zero-order valence-corrected chi connectivity index (χ0v) is 12.8. The lowest BCUT2D eigenvalue weighted by atomic mass is 10.2. The zero-order chi connectivity index (χ0) is 13.5. The second kappa shape index (κ2) is 7.53. The highest BCUT2D eigenvalue weighted by Crippen LogP contribution is 2.28. The van der Waals surface area contributed by atoms with Crippen LogP contribution in [-0.4, -0.2) is 24.3 Å². The fraction of sp³-hybridized carbons (Fsp3) is 0.500. The topological polar surface area (TPSA) is 55.4 Å². The van der Waals surface area contributed by atoms with Gasteiger partial charge in [-0.3, -0.25) is 4.79 Å². The number of esters is 1. The Morgan fingerprint density at radius 2 is 2.17 bits per heavy atom. The van der Waals surface area contributed by atoms with Crippen LogP contribution in [0.25, 0.3) is 0 Å². The number of alkyl halides is 1. The highest BCUT2D eigenvalue weighted by molar-refractivity contribution is 9.09. The Morgan fingerprint density at radius 1 is 1.44 bits per heavy atom. The van der Waals surface area contributed by atoms with E-state index >= 15 is 0 Å². The van der Waals surface area contributed by atoms with Crippen molar-refractivity contribution in [2.45, 2.75) is 26.2 Å². The van der Waals surface area contributed by atoms with Gasteiger partial charge in [-0.2, -0.15) is 0 Å². The standard InChI is InChI=1S/C12H16BrNO3S/c1-8-7-18-11(12(16)17-2)10(8)14-9(15)5-3-4-6-13/h7H,3-6H2,1-2H3,(H,14,15). The Kier molecular flexibility index (Phi) is 6.35. The summed E-state index contributed by atoms with van der Waals surface area (Å²) in [5.41, 5.74) is 1.46. The Bertz CT molecular complexity index is 431. The average Bonchev–Trinajstić information content (AvgIpc) is 2.71. The molecule has 0 aliphatic carbocycles. The number of nitrogens with one attached hydrogen (secondary N) is 1. The van der Waals surface area contributed by atoms with Crippen LogP contribution in [0, 0.1) is 6.92 Å². The van der Waals surface area contributed by atoms with Crippen LogP contribution in [0.5, 0.6) is 0 Å². The van der Waals surface area contributed by atoms with E-state index in [0.29, 0.717) is 17.0 Å². The Hall–Kier alpha value is -0.880. The monoisotopic (exact) mass is 333 g/mol. The van der Waals surface area contributed by atoms with E-state index in [-0.39, 0.29) is 5.91 Å². The van der Waals surface area contributed by atoms with Gasteiger partial charge in [-0.1, -0.05) is 15.9 Å². The second-order valence-electron chi connectivity index (χ2n) is 3.81. The van der Waals surface area contributed by atoms with Gasteiger partial charge in [-0.15, -0.1) is 11.3 Å². The fourth-order valence-electron chi connectivity index (χ4n) is 1.42. The van der Waals surface area contributed by atoms with Gasteiger partial charge in [0.15, 0.2) is 0 Å². The number of ether oxygens (including phenoxy) is 1. The van der Waals surface area contributed by atoms with Crippen molar-refractivity contribution in [2.75, 3.05) is 17.8 Å². The zero-order valence-electron chi connectivity index (χ0n) is 10.4. The second-order valence-corrected chi connectivity index (χ2v) is 5.48. The van der Waals surface area contributed by atoms with Crippen molar-refractivity contribution < 1.29 is 14.3 Å². The molecule has 0 aliphatic rings. The number of methoxy groups -OCH3 is 1. The van der Waals surface area contributed by atoms with Crippen LogP contribution >= 0.6 is 27.3 Å². The van der Waals surface area contributed by atoms with Gasteiger partial charge >= 0.3 is 5.97 Å². The Morgan fingerprint density at radius 3 is 2.78 bits per heavy atom. The first-order chi connectivity index (χ1) is 8.60. The molecule has 0 unspecified atom stereocenters. The molecule has 0 atom stereocenters. The number of hydrogen-bond acceptors (Lipinski definition) is 4. The van der Waals surface area contributed by atoms with Gasteiger partial charge < -0.3 is 10.1 Å². The number of rotatable bonds is 6. The molecule has 0 aromatic carbocycles. The number of hydrogen-bond donors (Lipinski definition) is 1. The lowest BCUT2D eigenvalue weighted by molar-refractivity contribution is -0.116. The summed E-state index contributed by atoms with van der Waals surface area (Å²) < 4.78 is 4.68. The number of anilines is 1. The molecule has 100 valence electrons. The molecule has 1 aromatic rings. The summed E-state index contributed by atoms with van der Waals surface area (Å²) in [5.74, 6) is -0.480. The number of carbonyl (C=O) groups is 2. The van der Waals surface area contributed by atoms with E-state index in [2.05, 4.69) is 26.0 Å². The maximum absolute atomic E-state index is 11.7. The lowest BCUT2D eigenvalue weighted by Crippen LogP contribution is -2.14. The minimum atomic E-state index is -0.413. The normalized spacial score (nSPS) is 10.2. The number of halogens is 1. The molecule has 6 heteroatoms. The SMILES string of the molecule is COC(=O)c1scc(C)c1NC(=O)CCCCBr. The molecule has 1 N–H and O–H groups in total. The van der Waals surface area contributed by atoms with E-state index in [4.69, 9.17) is 0 Å². The number of thiophene rings is 1. The van der Waals surface area contributed by atoms with Gasteiger partial charge in [0.1, 0.15) is 4.88 Å². The molecule has 0 bridgehead atoms. The maximum Gasteiger partial charge on any atom is 0.350 e. The highest BCUT2D eigenvalue weighted by Gasteiger charge is 2.18. The molecule has 1 aromatic heterocycles. The molecule has 1 heterocycles. The van der Waals surface area contributed by atoms with Crippen molar-refractivity contribution in [3.63, 3.8) is 0 Å². The highest BCUT2D eigenvalue weighted by atomic mass is 79.9. The molecule has 0 aliphatic heterocycles. The summed E-state index contributed by atoms with van der Waals surface area (Å²) in [6.45, 7) is 1.86. The van der Waals surface area contributed by atoms with Crippen LogP contribution in [0.15, 0.2) is 5.38 Å². The van der Waals surface area contributed by atoms with Gasteiger partial charge in [0.25, 0.3) is 0 Å². The summed E-state index contributed by atoms with van der Waals surface area (Å²) >= 11 is 4.60. The van der Waals surface area contributed by atoms with E-state index in [9.17, 15) is 9.59 Å². The predicted octanol–water partition coefficient (Wildman–Crippen LogP) is 3.35. The van der Waals surface area contributed by atoms with Crippen molar-refractivity contribution in [3.8, 4) is 0 Å². The molecule has 0 saturated heterocycles. The van der Waals surface area contributed by atoms with Gasteiger partial charge in [-0.25, -0.2) is 4.79 Å². The van der Waals surface area contributed by atoms with Gasteiger partial charge in [0.2, 0.25) is 5.91 Å². The van der Waals surface area contributed by atoms with E-state index in [1.54, 1.807) is 0 Å². The minimum Gasteiger partial charge on any atom is -0.465 e. The van der Waals surface area contributed by atoms with Crippen LogP contribution < -0.4 is 5.32 Å². The van der Waals surface area contributed by atoms with Crippen molar-refractivity contribution in [3.05, 3.63) is 15.8 Å². The average molecular weight is 334 g/mol. The third-order valence-electron chi connectivity index (χ3n) is 2.40. The molecule has 4 nitrogen and oxygen atoms in total. The van der Waals surface area contributed by atoms with Crippen molar-refractivity contribution in [1.82, 2.24) is 0 Å². The van der Waals surface area contributed by atoms with E-state index in [1.807, 2.05) is 12.3 Å². The third kappa shape index (κ3) is 4.10. The van der Waals surface area contributed by atoms with Crippen molar-refractivity contribution in [1.29, 1.82) is 0 Å². The number of amides is 1. The molecular weight excluding hydrogens is 318 g/mol. The Balaban J connectivity index is 2.68. The Labute approximate surface area is 119 Å². The number of unbranched alkanes of at least 4 members (excludes halogenated alkanes) is 1. The van der Waals surface area contributed by atoms with Crippen LogP contribution in [-0.2, 0) is 9.53 Å². The largest absolute Gasteiger partial charge is 0.465 e. The molecule has 0 spiro atoms. The lowest BCUT2D eigenvalue weighted by Gasteiger charge is -2.06. The quantitative estimate of drug-likeness (QED) is 0.493. The first-order valence-corrected chi connectivity index (χ1v) is 7.62. The molecule has 18 heavy (non-hydrogen) atoms. The van der Waals surface area contributed by atoms with Crippen molar-refractivity contribution in [2.24, 2.45) is 0 Å². The molecule has 0 radical (unpaired) electrons. The van der Waals surface area contributed by atoms with E-state index in [1.165, 1.54) is 18.4 Å². The summed E-state index contributed by atoms with van der Waals surface area (Å²) in [4.78, 5) is 23.7. The molecular formula is C12H16BrNO3S. The van der Waals surface area contributed by atoms with Gasteiger partial charge in [0.05, 0.1) is 12.8 Å². The number of aryl methyl sites for hydroxylation is 1. The van der Waals surface area contributed by atoms with Crippen LogP contribution in [0.4, 0.5) is 5.69 Å². The van der Waals surface area contributed by atoms with Crippen LogP contribution in [0.1, 0.15) is 34.5 Å². The molecule has 1 rings (SSSR count). The summed E-state index contributed by atoms with van der Waals surface area (Å²) in [6.07, 6.45) is 2.25. The molecule has 1 amide bonds. The summed E-state index contributed by atoms with van der Waals surface area (Å²) in [5, 5.41) is 5.52. The smallest absolute Gasteiger partial charge is 0.350 e. The molecule has 0 fully saturated rings. The van der Waals surface area contributed by atoms with Crippen molar-refractivity contribution >= 4 is 44.8 Å².